The van der Waals surface area contributed by atoms with Crippen molar-refractivity contribution in [1.29, 1.82) is 0 Å². The third kappa shape index (κ3) is 2.94. The van der Waals surface area contributed by atoms with Crippen LogP contribution < -0.4 is 0 Å². The zero-order valence-corrected chi connectivity index (χ0v) is 14.9. The Hall–Kier alpha value is -3.82. The van der Waals surface area contributed by atoms with Crippen LogP contribution in [0.15, 0.2) is 36.8 Å². The Bertz CT molecular complexity index is 1200. The number of aromatic nitrogens is 6. The van der Waals surface area contributed by atoms with E-state index in [4.69, 9.17) is 5.11 Å². The first kappa shape index (κ1) is 17.6. The molecule has 0 bridgehead atoms. The average molecular weight is 382 g/mol. The molecule has 0 amide bonds. The van der Waals surface area contributed by atoms with Crippen molar-refractivity contribution in [3.63, 3.8) is 0 Å². The van der Waals surface area contributed by atoms with Crippen LogP contribution in [0.5, 0.6) is 5.88 Å². The average Bonchev–Trinajstić information content (AvgIpc) is 3.27. The van der Waals surface area contributed by atoms with E-state index in [1.807, 2.05) is 13.0 Å². The van der Waals surface area contributed by atoms with Crippen molar-refractivity contribution in [3.8, 4) is 11.8 Å². The van der Waals surface area contributed by atoms with E-state index >= 15 is 0 Å². The molecular formula is C18H15FN6O3. The molecule has 1 aromatic carbocycles. The number of carboxylic acid groups (broad SMARTS) is 1. The van der Waals surface area contributed by atoms with Crippen LogP contribution in [0.4, 0.5) is 4.39 Å². The van der Waals surface area contributed by atoms with Crippen molar-refractivity contribution in [2.75, 3.05) is 0 Å². The lowest BCUT2D eigenvalue weighted by molar-refractivity contribution is 0.0697. The second kappa shape index (κ2) is 6.41. The summed E-state index contributed by atoms with van der Waals surface area (Å²) in [5.41, 5.74) is 2.05. The predicted octanol–water partition coefficient (Wildman–Crippen LogP) is 2.47. The largest absolute Gasteiger partial charge is 0.492 e. The molecule has 0 saturated carbocycles. The van der Waals surface area contributed by atoms with Gasteiger partial charge in [-0.1, -0.05) is 6.07 Å². The van der Waals surface area contributed by atoms with Gasteiger partial charge in [0, 0.05) is 6.20 Å². The highest BCUT2D eigenvalue weighted by molar-refractivity contribution is 5.87. The van der Waals surface area contributed by atoms with Crippen molar-refractivity contribution in [3.05, 3.63) is 59.3 Å². The van der Waals surface area contributed by atoms with Gasteiger partial charge in [0.2, 0.25) is 5.88 Å². The molecule has 0 fully saturated rings. The number of aromatic carboxylic acids is 1. The quantitative estimate of drug-likeness (QED) is 0.556. The number of carbonyl (C=O) groups is 1. The zero-order chi connectivity index (χ0) is 20.0. The number of hydrogen-bond acceptors (Lipinski definition) is 6. The number of aryl methyl sites for hydroxylation is 1. The smallest absolute Gasteiger partial charge is 0.338 e. The molecule has 0 aliphatic heterocycles. The first-order valence-corrected chi connectivity index (χ1v) is 8.33. The van der Waals surface area contributed by atoms with Gasteiger partial charge < -0.3 is 10.2 Å². The fraction of sp³-hybridized carbons (Fsp3) is 0.167. The minimum atomic E-state index is -1.14. The van der Waals surface area contributed by atoms with Gasteiger partial charge in [0.1, 0.15) is 16.9 Å². The Morgan fingerprint density at radius 3 is 2.64 bits per heavy atom. The minimum Gasteiger partial charge on any atom is -0.492 e. The summed E-state index contributed by atoms with van der Waals surface area (Å²) in [6, 6.07) is 4.30. The van der Waals surface area contributed by atoms with E-state index in [1.165, 1.54) is 29.2 Å². The van der Waals surface area contributed by atoms with Crippen LogP contribution in [0.25, 0.3) is 17.0 Å². The second-order valence-corrected chi connectivity index (χ2v) is 6.39. The van der Waals surface area contributed by atoms with Crippen LogP contribution in [0.1, 0.15) is 34.5 Å². The number of fused-ring (bicyclic) bond motifs is 1. The van der Waals surface area contributed by atoms with Gasteiger partial charge in [-0.15, -0.1) is 0 Å². The summed E-state index contributed by atoms with van der Waals surface area (Å²) in [6.45, 7) is 3.61. The van der Waals surface area contributed by atoms with E-state index in [1.54, 1.807) is 6.92 Å². The normalized spacial score (nSPS) is 12.4. The van der Waals surface area contributed by atoms with Crippen LogP contribution >= 0.6 is 0 Å². The highest BCUT2D eigenvalue weighted by Crippen LogP contribution is 2.28. The standard InChI is InChI=1S/C18H15FN6O3/c1-9-3-11(5-13(19)4-9)10(2)25-15-14(7-21-25)22-18(23-16(15)26)24-8-12(6-20-24)17(27)28/h3-8,10H,1-2H3,(H,27,28)(H,22,23,26). The molecule has 4 aromatic rings. The summed E-state index contributed by atoms with van der Waals surface area (Å²) in [4.78, 5) is 19.3. The molecule has 0 saturated heterocycles. The van der Waals surface area contributed by atoms with Crippen molar-refractivity contribution in [2.45, 2.75) is 19.9 Å². The van der Waals surface area contributed by atoms with E-state index in [-0.39, 0.29) is 34.8 Å². The lowest BCUT2D eigenvalue weighted by Gasteiger charge is -2.15. The van der Waals surface area contributed by atoms with Gasteiger partial charge in [0.15, 0.2) is 0 Å². The maximum atomic E-state index is 13.8. The van der Waals surface area contributed by atoms with Crippen molar-refractivity contribution < 1.29 is 19.4 Å². The lowest BCUT2D eigenvalue weighted by atomic mass is 10.1. The fourth-order valence-electron chi connectivity index (χ4n) is 3.02. The highest BCUT2D eigenvalue weighted by Gasteiger charge is 2.20. The van der Waals surface area contributed by atoms with Crippen LogP contribution in [0, 0.1) is 12.7 Å². The number of halogens is 1. The predicted molar refractivity (Wildman–Crippen MR) is 96.0 cm³/mol. The van der Waals surface area contributed by atoms with E-state index in [9.17, 15) is 14.3 Å². The van der Waals surface area contributed by atoms with Gasteiger partial charge in [-0.3, -0.25) is 4.68 Å². The monoisotopic (exact) mass is 382 g/mol. The maximum absolute atomic E-state index is 13.8. The summed E-state index contributed by atoms with van der Waals surface area (Å²) in [6.07, 6.45) is 3.85. The Kier molecular flexibility index (Phi) is 4.03. The third-order valence-electron chi connectivity index (χ3n) is 4.36. The molecule has 2 N–H and O–H groups in total. The van der Waals surface area contributed by atoms with Crippen molar-refractivity contribution in [2.24, 2.45) is 0 Å². The Morgan fingerprint density at radius 2 is 1.96 bits per heavy atom. The summed E-state index contributed by atoms with van der Waals surface area (Å²) < 4.78 is 16.4. The van der Waals surface area contributed by atoms with Crippen LogP contribution in [0.3, 0.4) is 0 Å². The molecule has 9 nitrogen and oxygen atoms in total. The molecule has 3 aromatic heterocycles. The molecule has 142 valence electrons. The number of rotatable bonds is 4. The SMILES string of the molecule is Cc1cc(F)cc(C(C)n2ncc3nc(-n4cc(C(=O)O)cn4)nc(O)c32)c1. The second-order valence-electron chi connectivity index (χ2n) is 6.39. The molecule has 10 heteroatoms. The molecule has 0 radical (unpaired) electrons. The van der Waals surface area contributed by atoms with Gasteiger partial charge in [-0.25, -0.2) is 18.9 Å². The molecule has 0 aliphatic carbocycles. The first-order valence-electron chi connectivity index (χ1n) is 8.33. The van der Waals surface area contributed by atoms with E-state index in [0.717, 1.165) is 16.4 Å². The Morgan fingerprint density at radius 1 is 1.18 bits per heavy atom. The van der Waals surface area contributed by atoms with Crippen molar-refractivity contribution in [1.82, 2.24) is 29.5 Å². The number of benzene rings is 1. The number of nitrogens with zero attached hydrogens (tertiary/aromatic N) is 6. The molecule has 1 unspecified atom stereocenters. The summed E-state index contributed by atoms with van der Waals surface area (Å²) in [5.74, 6) is -1.83. The van der Waals surface area contributed by atoms with Gasteiger partial charge >= 0.3 is 5.97 Å². The van der Waals surface area contributed by atoms with Crippen LogP contribution in [-0.4, -0.2) is 45.7 Å². The summed E-state index contributed by atoms with van der Waals surface area (Å²) in [7, 11) is 0. The number of carboxylic acids is 1. The molecule has 1 atom stereocenters. The zero-order valence-electron chi connectivity index (χ0n) is 14.9. The highest BCUT2D eigenvalue weighted by atomic mass is 19.1. The fourth-order valence-corrected chi connectivity index (χ4v) is 3.02. The molecule has 3 heterocycles. The van der Waals surface area contributed by atoms with Gasteiger partial charge in [-0.05, 0) is 37.1 Å². The van der Waals surface area contributed by atoms with Crippen LogP contribution in [0.2, 0.25) is 0 Å². The van der Waals surface area contributed by atoms with Crippen molar-refractivity contribution >= 4 is 17.0 Å². The third-order valence-corrected chi connectivity index (χ3v) is 4.36. The maximum Gasteiger partial charge on any atom is 0.338 e. The molecular weight excluding hydrogens is 367 g/mol. The van der Waals surface area contributed by atoms with E-state index in [2.05, 4.69) is 20.2 Å². The Balaban J connectivity index is 1.79. The topological polar surface area (TPSA) is 119 Å². The van der Waals surface area contributed by atoms with Gasteiger partial charge in [0.25, 0.3) is 5.95 Å². The molecule has 4 rings (SSSR count). The van der Waals surface area contributed by atoms with Gasteiger partial charge in [0.05, 0.1) is 24.0 Å². The minimum absolute atomic E-state index is 0.00584. The Labute approximate surface area is 157 Å². The first-order chi connectivity index (χ1) is 13.3. The number of aromatic hydroxyl groups is 1. The van der Waals surface area contributed by atoms with E-state index < -0.39 is 5.97 Å². The summed E-state index contributed by atoms with van der Waals surface area (Å²) in [5, 5.41) is 27.6. The molecule has 28 heavy (non-hydrogen) atoms. The van der Waals surface area contributed by atoms with Gasteiger partial charge in [-0.2, -0.15) is 15.2 Å². The summed E-state index contributed by atoms with van der Waals surface area (Å²) >= 11 is 0. The van der Waals surface area contributed by atoms with Crippen LogP contribution in [-0.2, 0) is 0 Å². The molecule has 0 spiro atoms. The lowest BCUT2D eigenvalue weighted by Crippen LogP contribution is -2.10. The molecule has 0 aliphatic rings. The number of hydrogen-bond donors (Lipinski definition) is 2. The van der Waals surface area contributed by atoms with E-state index in [0.29, 0.717) is 11.1 Å².